The zero-order chi connectivity index (χ0) is 12.3. The molecule has 2 aromatic rings. The average molecular weight is 228 g/mol. The second kappa shape index (κ2) is 5.00. The molecule has 0 bridgehead atoms. The van der Waals surface area contributed by atoms with Crippen molar-refractivity contribution in [3.05, 3.63) is 48.0 Å². The van der Waals surface area contributed by atoms with Crippen LogP contribution < -0.4 is 0 Å². The van der Waals surface area contributed by atoms with Gasteiger partial charge in [-0.15, -0.1) is 0 Å². The lowest BCUT2D eigenvalue weighted by atomic mass is 9.95. The van der Waals surface area contributed by atoms with Crippen LogP contribution in [0.25, 0.3) is 10.8 Å². The van der Waals surface area contributed by atoms with E-state index in [0.717, 1.165) is 0 Å². The predicted molar refractivity (Wildman–Crippen MR) is 69.0 cm³/mol. The maximum atomic E-state index is 11.2. The molecule has 0 aliphatic rings. The number of ether oxygens (including phenoxy) is 1. The van der Waals surface area contributed by atoms with E-state index in [9.17, 15) is 4.79 Å². The Morgan fingerprint density at radius 1 is 1.18 bits per heavy atom. The molecule has 0 spiro atoms. The summed E-state index contributed by atoms with van der Waals surface area (Å²) in [6.07, 6.45) is 0.425. The maximum absolute atomic E-state index is 11.2. The number of carbonyl (C=O) groups is 1. The second-order valence-electron chi connectivity index (χ2n) is 4.29. The van der Waals surface area contributed by atoms with Crippen LogP contribution in [0.1, 0.15) is 24.8 Å². The topological polar surface area (TPSA) is 26.3 Å². The van der Waals surface area contributed by atoms with Crippen molar-refractivity contribution in [3.63, 3.8) is 0 Å². The molecule has 0 saturated heterocycles. The highest BCUT2D eigenvalue weighted by atomic mass is 16.5. The fraction of sp³-hybridized carbons (Fsp3) is 0.267. The first-order valence-corrected chi connectivity index (χ1v) is 5.76. The first kappa shape index (κ1) is 11.6. The van der Waals surface area contributed by atoms with Gasteiger partial charge in [-0.1, -0.05) is 49.4 Å². The Hall–Kier alpha value is -1.83. The van der Waals surface area contributed by atoms with Crippen molar-refractivity contribution >= 4 is 16.7 Å². The lowest BCUT2D eigenvalue weighted by Gasteiger charge is -2.11. The van der Waals surface area contributed by atoms with Crippen LogP contribution in [0.3, 0.4) is 0 Å². The molecule has 0 aliphatic heterocycles. The van der Waals surface area contributed by atoms with Crippen LogP contribution >= 0.6 is 0 Å². The quantitative estimate of drug-likeness (QED) is 0.751. The summed E-state index contributed by atoms with van der Waals surface area (Å²) >= 11 is 0. The summed E-state index contributed by atoms with van der Waals surface area (Å²) in [6.45, 7) is 2.04. The number of hydrogen-bond acceptors (Lipinski definition) is 2. The van der Waals surface area contributed by atoms with E-state index in [-0.39, 0.29) is 11.9 Å². The zero-order valence-electron chi connectivity index (χ0n) is 10.1. The minimum absolute atomic E-state index is 0.161. The fourth-order valence-corrected chi connectivity index (χ4v) is 1.97. The number of rotatable bonds is 3. The van der Waals surface area contributed by atoms with Gasteiger partial charge in [0.25, 0.3) is 0 Å². The van der Waals surface area contributed by atoms with Crippen LogP contribution in [0.4, 0.5) is 0 Å². The van der Waals surface area contributed by atoms with Crippen LogP contribution in [-0.2, 0) is 9.53 Å². The van der Waals surface area contributed by atoms with E-state index >= 15 is 0 Å². The number of fused-ring (bicyclic) bond motifs is 1. The van der Waals surface area contributed by atoms with Gasteiger partial charge < -0.3 is 4.74 Å². The fourth-order valence-electron chi connectivity index (χ4n) is 1.97. The van der Waals surface area contributed by atoms with Gasteiger partial charge in [-0.25, -0.2) is 0 Å². The molecule has 0 saturated carbocycles. The van der Waals surface area contributed by atoms with E-state index in [2.05, 4.69) is 30.3 Å². The molecule has 2 aromatic carbocycles. The Bertz CT molecular complexity index is 531. The summed E-state index contributed by atoms with van der Waals surface area (Å²) in [6, 6.07) is 14.5. The van der Waals surface area contributed by atoms with Crippen LogP contribution in [-0.4, -0.2) is 13.1 Å². The third kappa shape index (κ3) is 2.64. The van der Waals surface area contributed by atoms with Crippen LogP contribution in [0.2, 0.25) is 0 Å². The van der Waals surface area contributed by atoms with Gasteiger partial charge in [-0.2, -0.15) is 0 Å². The smallest absolute Gasteiger partial charge is 0.306 e. The van der Waals surface area contributed by atoms with E-state index < -0.39 is 0 Å². The first-order chi connectivity index (χ1) is 8.20. The molecule has 1 unspecified atom stereocenters. The molecule has 0 radical (unpaired) electrons. The molecule has 0 N–H and O–H groups in total. The van der Waals surface area contributed by atoms with Gasteiger partial charge in [0, 0.05) is 0 Å². The molecule has 2 nitrogen and oxygen atoms in total. The van der Waals surface area contributed by atoms with Gasteiger partial charge in [0.05, 0.1) is 13.5 Å². The van der Waals surface area contributed by atoms with Gasteiger partial charge in [0.15, 0.2) is 0 Å². The van der Waals surface area contributed by atoms with Gasteiger partial charge >= 0.3 is 5.97 Å². The van der Waals surface area contributed by atoms with Crippen LogP contribution in [0.5, 0.6) is 0 Å². The standard InChI is InChI=1S/C15H16O2/c1-11(9-15(16)17-2)13-8-7-12-5-3-4-6-14(12)10-13/h3-8,10-11H,9H2,1-2H3. The highest BCUT2D eigenvalue weighted by Crippen LogP contribution is 2.23. The molecule has 0 amide bonds. The Kier molecular flexibility index (Phi) is 3.43. The number of esters is 1. The molecule has 0 heterocycles. The van der Waals surface area contributed by atoms with E-state index in [1.165, 1.54) is 23.4 Å². The maximum Gasteiger partial charge on any atom is 0.306 e. The Morgan fingerprint density at radius 2 is 1.88 bits per heavy atom. The third-order valence-electron chi connectivity index (χ3n) is 3.04. The summed E-state index contributed by atoms with van der Waals surface area (Å²) in [5.74, 6) is 0.0257. The highest BCUT2D eigenvalue weighted by molar-refractivity contribution is 5.83. The minimum Gasteiger partial charge on any atom is -0.469 e. The molecule has 17 heavy (non-hydrogen) atoms. The lowest BCUT2D eigenvalue weighted by Crippen LogP contribution is -2.05. The van der Waals surface area contributed by atoms with Crippen molar-refractivity contribution in [3.8, 4) is 0 Å². The van der Waals surface area contributed by atoms with E-state index in [1.54, 1.807) is 0 Å². The zero-order valence-corrected chi connectivity index (χ0v) is 10.1. The summed E-state index contributed by atoms with van der Waals surface area (Å²) in [5.41, 5.74) is 1.18. The highest BCUT2D eigenvalue weighted by Gasteiger charge is 2.11. The third-order valence-corrected chi connectivity index (χ3v) is 3.04. The number of benzene rings is 2. The van der Waals surface area contributed by atoms with Gasteiger partial charge in [0.1, 0.15) is 0 Å². The van der Waals surface area contributed by atoms with Gasteiger partial charge in [0.2, 0.25) is 0 Å². The minimum atomic E-state index is -0.161. The summed E-state index contributed by atoms with van der Waals surface area (Å²) in [5, 5.41) is 2.43. The van der Waals surface area contributed by atoms with Crippen molar-refractivity contribution in [1.82, 2.24) is 0 Å². The predicted octanol–water partition coefficient (Wildman–Crippen LogP) is 3.51. The Labute approximate surface area is 101 Å². The van der Waals surface area contributed by atoms with Gasteiger partial charge in [-0.3, -0.25) is 4.79 Å². The normalized spacial score (nSPS) is 12.4. The second-order valence-corrected chi connectivity index (χ2v) is 4.29. The molecule has 1 atom stereocenters. The molecule has 2 heteroatoms. The monoisotopic (exact) mass is 228 g/mol. The van der Waals surface area contributed by atoms with Gasteiger partial charge in [-0.05, 0) is 22.3 Å². The van der Waals surface area contributed by atoms with Crippen molar-refractivity contribution in [2.75, 3.05) is 7.11 Å². The summed E-state index contributed by atoms with van der Waals surface area (Å²) < 4.78 is 4.69. The van der Waals surface area contributed by atoms with E-state index in [0.29, 0.717) is 6.42 Å². The molecule has 88 valence electrons. The van der Waals surface area contributed by atoms with Crippen molar-refractivity contribution in [2.45, 2.75) is 19.3 Å². The van der Waals surface area contributed by atoms with Crippen LogP contribution in [0, 0.1) is 0 Å². The SMILES string of the molecule is COC(=O)CC(C)c1ccc2ccccc2c1. The van der Waals surface area contributed by atoms with Crippen molar-refractivity contribution < 1.29 is 9.53 Å². The summed E-state index contributed by atoms with van der Waals surface area (Å²) in [4.78, 5) is 11.2. The van der Waals surface area contributed by atoms with E-state index in [1.807, 2.05) is 19.1 Å². The molecular formula is C15H16O2. The number of carbonyl (C=O) groups excluding carboxylic acids is 1. The molecule has 0 fully saturated rings. The molecule has 0 aliphatic carbocycles. The largest absolute Gasteiger partial charge is 0.469 e. The van der Waals surface area contributed by atoms with E-state index in [4.69, 9.17) is 4.74 Å². The molecule has 0 aromatic heterocycles. The van der Waals surface area contributed by atoms with Crippen LogP contribution in [0.15, 0.2) is 42.5 Å². The number of hydrogen-bond donors (Lipinski definition) is 0. The van der Waals surface area contributed by atoms with Crippen molar-refractivity contribution in [1.29, 1.82) is 0 Å². The number of methoxy groups -OCH3 is 1. The Morgan fingerprint density at radius 3 is 2.59 bits per heavy atom. The molecule has 2 rings (SSSR count). The Balaban J connectivity index is 2.26. The van der Waals surface area contributed by atoms with Crippen molar-refractivity contribution in [2.24, 2.45) is 0 Å². The summed E-state index contributed by atoms with van der Waals surface area (Å²) in [7, 11) is 1.43. The average Bonchev–Trinajstić information content (AvgIpc) is 2.38. The first-order valence-electron chi connectivity index (χ1n) is 5.76. The molecular weight excluding hydrogens is 212 g/mol. The lowest BCUT2D eigenvalue weighted by molar-refractivity contribution is -0.140.